The third-order valence-corrected chi connectivity index (χ3v) is 6.83. The van der Waals surface area contributed by atoms with E-state index in [0.29, 0.717) is 41.1 Å². The molecule has 3 heterocycles. The Morgan fingerprint density at radius 1 is 1.06 bits per heavy atom. The first-order valence-corrected chi connectivity index (χ1v) is 12.4. The van der Waals surface area contributed by atoms with Crippen LogP contribution in [-0.4, -0.2) is 57.9 Å². The van der Waals surface area contributed by atoms with Gasteiger partial charge in [0, 0.05) is 30.2 Å². The summed E-state index contributed by atoms with van der Waals surface area (Å²) in [5, 5.41) is 7.71. The standard InChI is InChI=1S/C26H28ClN5O3/c27-20-9-5-7-18(15-20)24-29-23(35-30-24)17-31-12-6-8-19(16-31)25(33)28-22-11-2-1-10-21(22)26(34)32-13-3-4-14-32/h1-2,5,7,9-11,15,19H,3-4,6,8,12-14,16-17H2,(H,28,33). The Labute approximate surface area is 209 Å². The summed E-state index contributed by atoms with van der Waals surface area (Å²) in [6, 6.07) is 14.6. The van der Waals surface area contributed by atoms with Crippen molar-refractivity contribution in [2.75, 3.05) is 31.5 Å². The zero-order chi connectivity index (χ0) is 24.2. The van der Waals surface area contributed by atoms with Gasteiger partial charge in [0.05, 0.1) is 23.7 Å². The van der Waals surface area contributed by atoms with E-state index in [1.165, 1.54) is 0 Å². The second-order valence-corrected chi connectivity index (χ2v) is 9.57. The van der Waals surface area contributed by atoms with Gasteiger partial charge in [-0.25, -0.2) is 0 Å². The van der Waals surface area contributed by atoms with Crippen LogP contribution in [0.4, 0.5) is 5.69 Å². The van der Waals surface area contributed by atoms with Crippen molar-refractivity contribution in [3.05, 3.63) is 65.0 Å². The quantitative estimate of drug-likeness (QED) is 0.544. The second kappa shape index (κ2) is 10.6. The van der Waals surface area contributed by atoms with Crippen LogP contribution in [0, 0.1) is 5.92 Å². The predicted molar refractivity (Wildman–Crippen MR) is 133 cm³/mol. The number of halogens is 1. The Morgan fingerprint density at radius 3 is 2.71 bits per heavy atom. The van der Waals surface area contributed by atoms with Gasteiger partial charge in [-0.1, -0.05) is 41.0 Å². The lowest BCUT2D eigenvalue weighted by atomic mass is 9.96. The lowest BCUT2D eigenvalue weighted by Gasteiger charge is -2.31. The van der Waals surface area contributed by atoms with E-state index in [1.54, 1.807) is 24.3 Å². The molecule has 0 spiro atoms. The van der Waals surface area contributed by atoms with Gasteiger partial charge < -0.3 is 14.7 Å². The van der Waals surface area contributed by atoms with Crippen LogP contribution in [0.15, 0.2) is 53.1 Å². The fraction of sp³-hybridized carbons (Fsp3) is 0.385. The molecule has 1 aromatic heterocycles. The molecule has 0 bridgehead atoms. The van der Waals surface area contributed by atoms with E-state index in [4.69, 9.17) is 16.1 Å². The van der Waals surface area contributed by atoms with Crippen molar-refractivity contribution in [1.29, 1.82) is 0 Å². The number of carbonyl (C=O) groups excluding carboxylic acids is 2. The van der Waals surface area contributed by atoms with Gasteiger partial charge in [0.25, 0.3) is 5.91 Å². The Bertz CT molecular complexity index is 1210. The monoisotopic (exact) mass is 493 g/mol. The maximum Gasteiger partial charge on any atom is 0.255 e. The van der Waals surface area contributed by atoms with Crippen molar-refractivity contribution in [1.82, 2.24) is 19.9 Å². The topological polar surface area (TPSA) is 91.6 Å². The average Bonchev–Trinajstić information content (AvgIpc) is 3.57. The predicted octanol–water partition coefficient (Wildman–Crippen LogP) is 4.48. The third kappa shape index (κ3) is 5.55. The molecule has 1 atom stereocenters. The molecule has 8 nitrogen and oxygen atoms in total. The minimum absolute atomic E-state index is 0.0180. The lowest BCUT2D eigenvalue weighted by molar-refractivity contribution is -0.121. The molecule has 2 amide bonds. The third-order valence-electron chi connectivity index (χ3n) is 6.59. The molecule has 3 aromatic rings. The number of carbonyl (C=O) groups is 2. The number of anilines is 1. The highest BCUT2D eigenvalue weighted by molar-refractivity contribution is 6.30. The van der Waals surface area contributed by atoms with Crippen LogP contribution < -0.4 is 5.32 Å². The molecule has 2 aromatic carbocycles. The molecule has 5 rings (SSSR count). The van der Waals surface area contributed by atoms with Gasteiger partial charge in [-0.2, -0.15) is 4.98 Å². The van der Waals surface area contributed by atoms with Gasteiger partial charge in [-0.3, -0.25) is 14.5 Å². The molecule has 0 saturated carbocycles. The number of piperidine rings is 1. The van der Waals surface area contributed by atoms with Crippen LogP contribution >= 0.6 is 11.6 Å². The van der Waals surface area contributed by atoms with E-state index in [1.807, 2.05) is 29.2 Å². The summed E-state index contributed by atoms with van der Waals surface area (Å²) in [7, 11) is 0. The Kier molecular flexibility index (Phi) is 7.11. The summed E-state index contributed by atoms with van der Waals surface area (Å²) in [5.74, 6) is 0.724. The van der Waals surface area contributed by atoms with Crippen molar-refractivity contribution < 1.29 is 14.1 Å². The zero-order valence-corrected chi connectivity index (χ0v) is 20.2. The summed E-state index contributed by atoms with van der Waals surface area (Å²) in [6.45, 7) is 3.45. The highest BCUT2D eigenvalue weighted by Gasteiger charge is 2.28. The number of hydrogen-bond acceptors (Lipinski definition) is 6. The van der Waals surface area contributed by atoms with Crippen LogP contribution in [-0.2, 0) is 11.3 Å². The number of amides is 2. The first-order valence-electron chi connectivity index (χ1n) is 12.1. The van der Waals surface area contributed by atoms with Gasteiger partial charge in [0.1, 0.15) is 0 Å². The number of nitrogens with zero attached hydrogens (tertiary/aromatic N) is 4. The van der Waals surface area contributed by atoms with E-state index in [0.717, 1.165) is 50.9 Å². The van der Waals surface area contributed by atoms with E-state index in [2.05, 4.69) is 20.4 Å². The van der Waals surface area contributed by atoms with E-state index in [-0.39, 0.29) is 17.7 Å². The SMILES string of the molecule is O=C(Nc1ccccc1C(=O)N1CCCC1)C1CCCN(Cc2nc(-c3cccc(Cl)c3)no2)C1. The molecule has 2 fully saturated rings. The van der Waals surface area contributed by atoms with Gasteiger partial charge in [0.15, 0.2) is 0 Å². The zero-order valence-electron chi connectivity index (χ0n) is 19.5. The van der Waals surface area contributed by atoms with Crippen molar-refractivity contribution in [2.24, 2.45) is 5.92 Å². The molecular weight excluding hydrogens is 466 g/mol. The highest BCUT2D eigenvalue weighted by atomic mass is 35.5. The number of likely N-dealkylation sites (tertiary alicyclic amines) is 2. The fourth-order valence-corrected chi connectivity index (χ4v) is 4.96. The Balaban J connectivity index is 1.22. The van der Waals surface area contributed by atoms with Gasteiger partial charge in [0.2, 0.25) is 17.6 Å². The molecule has 9 heteroatoms. The number of benzene rings is 2. The second-order valence-electron chi connectivity index (χ2n) is 9.13. The van der Waals surface area contributed by atoms with Crippen molar-refractivity contribution in [3.8, 4) is 11.4 Å². The van der Waals surface area contributed by atoms with Crippen LogP contribution in [0.1, 0.15) is 41.9 Å². The Morgan fingerprint density at radius 2 is 1.89 bits per heavy atom. The van der Waals surface area contributed by atoms with E-state index < -0.39 is 0 Å². The van der Waals surface area contributed by atoms with Crippen LogP contribution in [0.3, 0.4) is 0 Å². The summed E-state index contributed by atoms with van der Waals surface area (Å²) in [5.41, 5.74) is 1.93. The minimum Gasteiger partial charge on any atom is -0.339 e. The van der Waals surface area contributed by atoms with Gasteiger partial charge in [-0.05, 0) is 56.5 Å². The van der Waals surface area contributed by atoms with Crippen LogP contribution in [0.25, 0.3) is 11.4 Å². The molecule has 2 saturated heterocycles. The molecule has 2 aliphatic rings. The first kappa shape index (κ1) is 23.5. The average molecular weight is 494 g/mol. The molecule has 1 N–H and O–H groups in total. The minimum atomic E-state index is -0.186. The molecule has 1 unspecified atom stereocenters. The summed E-state index contributed by atoms with van der Waals surface area (Å²) in [6.07, 6.45) is 3.74. The molecule has 2 aliphatic heterocycles. The molecule has 0 aliphatic carbocycles. The summed E-state index contributed by atoms with van der Waals surface area (Å²) < 4.78 is 5.46. The number of hydrogen-bond donors (Lipinski definition) is 1. The maximum absolute atomic E-state index is 13.2. The molecular formula is C26H28ClN5O3. The van der Waals surface area contributed by atoms with Crippen molar-refractivity contribution >= 4 is 29.1 Å². The first-order chi connectivity index (χ1) is 17.1. The lowest BCUT2D eigenvalue weighted by Crippen LogP contribution is -2.40. The Hall–Kier alpha value is -3.23. The van der Waals surface area contributed by atoms with Crippen molar-refractivity contribution in [2.45, 2.75) is 32.2 Å². The van der Waals surface area contributed by atoms with Gasteiger partial charge >= 0.3 is 0 Å². The summed E-state index contributed by atoms with van der Waals surface area (Å²) in [4.78, 5) is 34.6. The maximum atomic E-state index is 13.2. The molecule has 182 valence electrons. The number of aromatic nitrogens is 2. The van der Waals surface area contributed by atoms with E-state index in [9.17, 15) is 9.59 Å². The molecule has 0 radical (unpaired) electrons. The van der Waals surface area contributed by atoms with Crippen LogP contribution in [0.2, 0.25) is 5.02 Å². The number of para-hydroxylation sites is 1. The fourth-order valence-electron chi connectivity index (χ4n) is 4.77. The number of rotatable bonds is 6. The van der Waals surface area contributed by atoms with E-state index >= 15 is 0 Å². The smallest absolute Gasteiger partial charge is 0.255 e. The van der Waals surface area contributed by atoms with Gasteiger partial charge in [-0.15, -0.1) is 0 Å². The molecule has 35 heavy (non-hydrogen) atoms. The van der Waals surface area contributed by atoms with Crippen LogP contribution in [0.5, 0.6) is 0 Å². The number of nitrogens with one attached hydrogen (secondary N) is 1. The summed E-state index contributed by atoms with van der Waals surface area (Å²) >= 11 is 6.07. The largest absolute Gasteiger partial charge is 0.339 e. The highest BCUT2D eigenvalue weighted by Crippen LogP contribution is 2.25. The normalized spacial score (nSPS) is 18.5. The van der Waals surface area contributed by atoms with Crippen molar-refractivity contribution in [3.63, 3.8) is 0 Å².